The van der Waals surface area contributed by atoms with Crippen LogP contribution in [0.4, 0.5) is 5.69 Å². The molecule has 0 spiro atoms. The van der Waals surface area contributed by atoms with Crippen molar-refractivity contribution in [3.8, 4) is 0 Å². The van der Waals surface area contributed by atoms with E-state index in [1.165, 1.54) is 7.11 Å². The van der Waals surface area contributed by atoms with Gasteiger partial charge >= 0.3 is 11.9 Å². The van der Waals surface area contributed by atoms with Crippen LogP contribution in [0.5, 0.6) is 0 Å². The first-order valence-electron chi connectivity index (χ1n) is 8.76. The van der Waals surface area contributed by atoms with Gasteiger partial charge in [0.05, 0.1) is 19.3 Å². The molecule has 0 saturated carbocycles. The first kappa shape index (κ1) is 20.2. The third-order valence-corrected chi connectivity index (χ3v) is 3.79. The molecule has 1 aliphatic heterocycles. The molecule has 1 saturated heterocycles. The Morgan fingerprint density at radius 3 is 2.46 bits per heavy atom. The number of nitrogens with one attached hydrogen (secondary N) is 1. The van der Waals surface area contributed by atoms with E-state index in [1.807, 2.05) is 32.9 Å². The predicted octanol–water partition coefficient (Wildman–Crippen LogP) is 1.74. The zero-order chi connectivity index (χ0) is 19.2. The van der Waals surface area contributed by atoms with Gasteiger partial charge in [-0.1, -0.05) is 0 Å². The Morgan fingerprint density at radius 2 is 1.85 bits per heavy atom. The van der Waals surface area contributed by atoms with Crippen LogP contribution in [0.2, 0.25) is 0 Å². The number of carbonyl (C=O) groups is 2. The SMILES string of the molecule is COC(=O)c1cc(COCC(=O)OC(C)(C)C)cc(N2CCNCC2)c1. The fraction of sp³-hybridized carbons (Fsp3) is 0.579. The van der Waals surface area contributed by atoms with E-state index in [0.29, 0.717) is 5.56 Å². The van der Waals surface area contributed by atoms with Gasteiger partial charge in [0, 0.05) is 31.9 Å². The highest BCUT2D eigenvalue weighted by Crippen LogP contribution is 2.21. The molecular weight excluding hydrogens is 336 g/mol. The summed E-state index contributed by atoms with van der Waals surface area (Å²) in [6.07, 6.45) is 0. The van der Waals surface area contributed by atoms with Crippen LogP contribution in [0.1, 0.15) is 36.7 Å². The largest absolute Gasteiger partial charge is 0.465 e. The topological polar surface area (TPSA) is 77.1 Å². The van der Waals surface area contributed by atoms with Crippen molar-refractivity contribution in [1.29, 1.82) is 0 Å². The van der Waals surface area contributed by atoms with Gasteiger partial charge in [0.2, 0.25) is 0 Å². The van der Waals surface area contributed by atoms with Crippen molar-refractivity contribution in [3.05, 3.63) is 29.3 Å². The molecule has 1 aromatic carbocycles. The second-order valence-corrected chi connectivity index (χ2v) is 7.20. The van der Waals surface area contributed by atoms with Crippen molar-refractivity contribution in [3.63, 3.8) is 0 Å². The van der Waals surface area contributed by atoms with Gasteiger partial charge in [0.15, 0.2) is 0 Å². The van der Waals surface area contributed by atoms with E-state index >= 15 is 0 Å². The summed E-state index contributed by atoms with van der Waals surface area (Å²) in [5.74, 6) is -0.806. The summed E-state index contributed by atoms with van der Waals surface area (Å²) in [4.78, 5) is 25.9. The average molecular weight is 364 g/mol. The van der Waals surface area contributed by atoms with Gasteiger partial charge in [-0.15, -0.1) is 0 Å². The molecule has 0 unspecified atom stereocenters. The summed E-state index contributed by atoms with van der Waals surface area (Å²) in [5.41, 5.74) is 1.69. The fourth-order valence-electron chi connectivity index (χ4n) is 2.72. The maximum atomic E-state index is 12.0. The zero-order valence-corrected chi connectivity index (χ0v) is 16.0. The molecule has 0 bridgehead atoms. The molecule has 1 N–H and O–H groups in total. The Morgan fingerprint density at radius 1 is 1.15 bits per heavy atom. The number of hydrogen-bond donors (Lipinski definition) is 1. The minimum atomic E-state index is -0.541. The summed E-state index contributed by atoms with van der Waals surface area (Å²) in [6.45, 7) is 9.02. The number of benzene rings is 1. The van der Waals surface area contributed by atoms with Gasteiger partial charge in [-0.25, -0.2) is 9.59 Å². The maximum Gasteiger partial charge on any atom is 0.337 e. The number of methoxy groups -OCH3 is 1. The molecule has 1 heterocycles. The lowest BCUT2D eigenvalue weighted by Crippen LogP contribution is -2.43. The molecule has 7 nitrogen and oxygen atoms in total. The average Bonchev–Trinajstić information content (AvgIpc) is 2.60. The van der Waals surface area contributed by atoms with Crippen molar-refractivity contribution in [2.45, 2.75) is 33.0 Å². The van der Waals surface area contributed by atoms with E-state index in [2.05, 4.69) is 10.2 Å². The second-order valence-electron chi connectivity index (χ2n) is 7.20. The lowest BCUT2D eigenvalue weighted by molar-refractivity contribution is -0.160. The third kappa shape index (κ3) is 6.31. The number of nitrogens with zero attached hydrogens (tertiary/aromatic N) is 1. The summed E-state index contributed by atoms with van der Waals surface area (Å²) < 4.78 is 15.5. The molecule has 0 aromatic heterocycles. The Kier molecular flexibility index (Phi) is 6.99. The third-order valence-electron chi connectivity index (χ3n) is 3.79. The minimum absolute atomic E-state index is 0.136. The van der Waals surface area contributed by atoms with Gasteiger partial charge in [-0.05, 0) is 44.5 Å². The second kappa shape index (κ2) is 9.00. The molecule has 0 aliphatic carbocycles. The van der Waals surface area contributed by atoms with Crippen LogP contribution in [0.25, 0.3) is 0 Å². The van der Waals surface area contributed by atoms with Crippen molar-refractivity contribution >= 4 is 17.6 Å². The van der Waals surface area contributed by atoms with E-state index in [9.17, 15) is 9.59 Å². The number of hydrogen-bond acceptors (Lipinski definition) is 7. The molecular formula is C19H28N2O5. The van der Waals surface area contributed by atoms with Crippen LogP contribution < -0.4 is 10.2 Å². The molecule has 0 radical (unpaired) electrons. The highest BCUT2D eigenvalue weighted by atomic mass is 16.6. The van der Waals surface area contributed by atoms with Crippen molar-refractivity contribution in [2.75, 3.05) is 44.8 Å². The monoisotopic (exact) mass is 364 g/mol. The number of esters is 2. The first-order chi connectivity index (χ1) is 12.3. The molecule has 1 aliphatic rings. The Hall–Kier alpha value is -2.12. The quantitative estimate of drug-likeness (QED) is 0.771. The molecule has 1 fully saturated rings. The molecule has 2 rings (SSSR count). The Labute approximate surface area is 154 Å². The summed E-state index contributed by atoms with van der Waals surface area (Å²) in [7, 11) is 1.36. The van der Waals surface area contributed by atoms with Gasteiger partial charge in [-0.2, -0.15) is 0 Å². The normalized spacial score (nSPS) is 14.8. The number of ether oxygens (including phenoxy) is 3. The van der Waals surface area contributed by atoms with Gasteiger partial charge in [-0.3, -0.25) is 0 Å². The Bertz CT molecular complexity index is 633. The molecule has 0 atom stereocenters. The van der Waals surface area contributed by atoms with Gasteiger partial charge in [0.1, 0.15) is 12.2 Å². The van der Waals surface area contributed by atoms with Crippen molar-refractivity contribution < 1.29 is 23.8 Å². The van der Waals surface area contributed by atoms with Gasteiger partial charge < -0.3 is 24.4 Å². The maximum absolute atomic E-state index is 12.0. The van der Waals surface area contributed by atoms with Crippen LogP contribution in [0, 0.1) is 0 Å². The zero-order valence-electron chi connectivity index (χ0n) is 16.0. The number of piperazine rings is 1. The van der Waals surface area contributed by atoms with E-state index in [4.69, 9.17) is 14.2 Å². The fourth-order valence-corrected chi connectivity index (χ4v) is 2.72. The highest BCUT2D eigenvalue weighted by molar-refractivity contribution is 5.90. The van der Waals surface area contributed by atoms with Crippen LogP contribution in [-0.2, 0) is 25.6 Å². The highest BCUT2D eigenvalue weighted by Gasteiger charge is 2.17. The van der Waals surface area contributed by atoms with E-state index in [1.54, 1.807) is 6.07 Å². The van der Waals surface area contributed by atoms with Crippen molar-refractivity contribution in [2.24, 2.45) is 0 Å². The van der Waals surface area contributed by atoms with Crippen LogP contribution >= 0.6 is 0 Å². The summed E-state index contributed by atoms with van der Waals surface area (Å²) in [5, 5.41) is 3.30. The summed E-state index contributed by atoms with van der Waals surface area (Å²) in [6, 6.07) is 5.54. The molecule has 7 heteroatoms. The molecule has 144 valence electrons. The smallest absolute Gasteiger partial charge is 0.337 e. The minimum Gasteiger partial charge on any atom is -0.465 e. The van der Waals surface area contributed by atoms with E-state index in [-0.39, 0.29) is 13.2 Å². The van der Waals surface area contributed by atoms with Crippen LogP contribution in [0.15, 0.2) is 18.2 Å². The van der Waals surface area contributed by atoms with E-state index < -0.39 is 17.5 Å². The number of rotatable bonds is 6. The lowest BCUT2D eigenvalue weighted by Gasteiger charge is -2.30. The number of anilines is 1. The number of carbonyl (C=O) groups excluding carboxylic acids is 2. The summed E-state index contributed by atoms with van der Waals surface area (Å²) >= 11 is 0. The van der Waals surface area contributed by atoms with Crippen molar-refractivity contribution in [1.82, 2.24) is 5.32 Å². The first-order valence-corrected chi connectivity index (χ1v) is 8.76. The lowest BCUT2D eigenvalue weighted by atomic mass is 10.1. The van der Waals surface area contributed by atoms with E-state index in [0.717, 1.165) is 37.4 Å². The van der Waals surface area contributed by atoms with Crippen LogP contribution in [0.3, 0.4) is 0 Å². The van der Waals surface area contributed by atoms with Crippen LogP contribution in [-0.4, -0.2) is 57.4 Å². The predicted molar refractivity (Wildman–Crippen MR) is 98.4 cm³/mol. The molecule has 26 heavy (non-hydrogen) atoms. The van der Waals surface area contributed by atoms with Gasteiger partial charge in [0.25, 0.3) is 0 Å². The Balaban J connectivity index is 2.06. The standard InChI is InChI=1S/C19H28N2O5/c1-19(2,3)26-17(22)13-25-12-14-9-15(18(23)24-4)11-16(10-14)21-7-5-20-6-8-21/h9-11,20H,5-8,12-13H2,1-4H3. The molecule has 1 aromatic rings. The molecule has 0 amide bonds.